The van der Waals surface area contributed by atoms with Gasteiger partial charge in [-0.05, 0) is 24.1 Å². The van der Waals surface area contributed by atoms with E-state index in [1.54, 1.807) is 0 Å². The molecule has 0 saturated heterocycles. The first-order valence-corrected chi connectivity index (χ1v) is 3.96. The number of nitrogens with two attached hydrogens (primary N) is 2. The van der Waals surface area contributed by atoms with Crippen LogP contribution < -0.4 is 11.5 Å². The summed E-state index contributed by atoms with van der Waals surface area (Å²) >= 11 is 0. The molecule has 0 amide bonds. The van der Waals surface area contributed by atoms with Gasteiger partial charge in [0.15, 0.2) is 0 Å². The van der Waals surface area contributed by atoms with E-state index < -0.39 is 0 Å². The zero-order chi connectivity index (χ0) is 8.97. The fraction of sp³-hybridized carbons (Fsp3) is 0.333. The average molecular weight is 166 g/mol. The lowest BCUT2D eigenvalue weighted by Crippen LogP contribution is -2.11. The average Bonchev–Trinajstić information content (AvgIpc) is 2.05. The topological polar surface area (TPSA) is 72.3 Å². The molecule has 5 N–H and O–H groups in total. The van der Waals surface area contributed by atoms with E-state index in [2.05, 4.69) is 0 Å². The van der Waals surface area contributed by atoms with Crippen LogP contribution in [0.5, 0.6) is 0 Å². The molecule has 0 radical (unpaired) electrons. The fourth-order valence-electron chi connectivity index (χ4n) is 1.10. The number of aliphatic hydroxyl groups is 1. The van der Waals surface area contributed by atoms with E-state index in [1.807, 2.05) is 24.3 Å². The minimum absolute atomic E-state index is 0.107. The summed E-state index contributed by atoms with van der Waals surface area (Å²) in [6.07, 6.45) is 0.573. The van der Waals surface area contributed by atoms with Crippen molar-refractivity contribution < 1.29 is 5.11 Å². The Kier molecular flexibility index (Phi) is 3.08. The van der Waals surface area contributed by atoms with Crippen LogP contribution >= 0.6 is 0 Å². The van der Waals surface area contributed by atoms with Gasteiger partial charge in [0.05, 0.1) is 0 Å². The molecule has 1 aromatic carbocycles. The molecule has 0 fully saturated rings. The van der Waals surface area contributed by atoms with Crippen LogP contribution in [0.2, 0.25) is 0 Å². The van der Waals surface area contributed by atoms with Crippen molar-refractivity contribution in [1.29, 1.82) is 0 Å². The molecule has 0 spiro atoms. The van der Waals surface area contributed by atoms with Gasteiger partial charge in [-0.1, -0.05) is 12.1 Å². The molecule has 1 atom stereocenters. The number of aliphatic hydroxyl groups excluding tert-OH is 1. The van der Waals surface area contributed by atoms with Gasteiger partial charge in [-0.15, -0.1) is 0 Å². The maximum atomic E-state index is 8.66. The lowest BCUT2D eigenvalue weighted by atomic mass is 10.0. The summed E-state index contributed by atoms with van der Waals surface area (Å²) in [5, 5.41) is 8.66. The second-order valence-electron chi connectivity index (χ2n) is 2.79. The summed E-state index contributed by atoms with van der Waals surface area (Å²) in [5.41, 5.74) is 13.0. The number of rotatable bonds is 3. The minimum atomic E-state index is -0.113. The van der Waals surface area contributed by atoms with Gasteiger partial charge >= 0.3 is 0 Å². The number of hydrogen-bond acceptors (Lipinski definition) is 3. The van der Waals surface area contributed by atoms with Gasteiger partial charge in [0.25, 0.3) is 0 Å². The van der Waals surface area contributed by atoms with Crippen molar-refractivity contribution in [2.45, 2.75) is 12.5 Å². The Morgan fingerprint density at radius 2 is 2.17 bits per heavy atom. The summed E-state index contributed by atoms with van der Waals surface area (Å²) in [6.45, 7) is 0.107. The van der Waals surface area contributed by atoms with E-state index in [9.17, 15) is 0 Å². The van der Waals surface area contributed by atoms with Crippen molar-refractivity contribution >= 4 is 5.69 Å². The monoisotopic (exact) mass is 166 g/mol. The Hall–Kier alpha value is -1.06. The third kappa shape index (κ3) is 2.22. The molecule has 1 aromatic rings. The molecule has 0 unspecified atom stereocenters. The van der Waals surface area contributed by atoms with E-state index in [4.69, 9.17) is 16.6 Å². The van der Waals surface area contributed by atoms with Gasteiger partial charge in [0.1, 0.15) is 0 Å². The highest BCUT2D eigenvalue weighted by Crippen LogP contribution is 2.15. The summed E-state index contributed by atoms with van der Waals surface area (Å²) in [7, 11) is 0. The van der Waals surface area contributed by atoms with Crippen LogP contribution in [-0.4, -0.2) is 11.7 Å². The Balaban J connectivity index is 2.73. The SMILES string of the molecule is Nc1cccc([C@@H](N)CCO)c1. The predicted molar refractivity (Wildman–Crippen MR) is 49.5 cm³/mol. The highest BCUT2D eigenvalue weighted by molar-refractivity contribution is 5.41. The van der Waals surface area contributed by atoms with Crippen LogP contribution in [0.4, 0.5) is 5.69 Å². The van der Waals surface area contributed by atoms with E-state index in [-0.39, 0.29) is 12.6 Å². The quantitative estimate of drug-likeness (QED) is 0.577. The third-order valence-corrected chi connectivity index (χ3v) is 1.78. The Morgan fingerprint density at radius 3 is 2.75 bits per heavy atom. The molecule has 1 rings (SSSR count). The highest BCUT2D eigenvalue weighted by Gasteiger charge is 2.03. The molecule has 0 bridgehead atoms. The van der Waals surface area contributed by atoms with Gasteiger partial charge in [0, 0.05) is 18.3 Å². The van der Waals surface area contributed by atoms with Crippen molar-refractivity contribution in [3.8, 4) is 0 Å². The molecule has 0 aromatic heterocycles. The predicted octanol–water partition coefficient (Wildman–Crippen LogP) is 0.651. The molecule has 0 saturated carbocycles. The molecule has 66 valence electrons. The standard InChI is InChI=1S/C9H14N2O/c10-8-3-1-2-7(6-8)9(11)4-5-12/h1-3,6,9,12H,4-5,10-11H2/t9-/m0/s1. The third-order valence-electron chi connectivity index (χ3n) is 1.78. The van der Waals surface area contributed by atoms with Gasteiger partial charge < -0.3 is 16.6 Å². The summed E-state index contributed by atoms with van der Waals surface area (Å²) < 4.78 is 0. The first-order valence-electron chi connectivity index (χ1n) is 3.96. The summed E-state index contributed by atoms with van der Waals surface area (Å²) in [5.74, 6) is 0. The second-order valence-corrected chi connectivity index (χ2v) is 2.79. The number of hydrogen-bond donors (Lipinski definition) is 3. The fourth-order valence-corrected chi connectivity index (χ4v) is 1.10. The van der Waals surface area contributed by atoms with E-state index in [1.165, 1.54) is 0 Å². The second kappa shape index (κ2) is 4.09. The van der Waals surface area contributed by atoms with Crippen LogP contribution in [0.25, 0.3) is 0 Å². The van der Waals surface area contributed by atoms with Gasteiger partial charge in [-0.2, -0.15) is 0 Å². The zero-order valence-electron chi connectivity index (χ0n) is 6.90. The first kappa shape index (κ1) is 9.03. The van der Waals surface area contributed by atoms with Crippen LogP contribution in [-0.2, 0) is 0 Å². The van der Waals surface area contributed by atoms with Crippen molar-refractivity contribution in [2.75, 3.05) is 12.3 Å². The lowest BCUT2D eigenvalue weighted by molar-refractivity contribution is 0.276. The molecule has 3 nitrogen and oxygen atoms in total. The van der Waals surface area contributed by atoms with Crippen LogP contribution in [0.3, 0.4) is 0 Å². The summed E-state index contributed by atoms with van der Waals surface area (Å²) in [6, 6.07) is 7.31. The number of nitrogen functional groups attached to an aromatic ring is 1. The molecular formula is C9H14N2O. The Labute approximate surface area is 72.0 Å². The largest absolute Gasteiger partial charge is 0.399 e. The van der Waals surface area contributed by atoms with Crippen LogP contribution in [0.15, 0.2) is 24.3 Å². The van der Waals surface area contributed by atoms with E-state index in [0.29, 0.717) is 12.1 Å². The normalized spacial score (nSPS) is 12.8. The smallest absolute Gasteiger partial charge is 0.0449 e. The van der Waals surface area contributed by atoms with Crippen molar-refractivity contribution in [3.05, 3.63) is 29.8 Å². The van der Waals surface area contributed by atoms with Crippen molar-refractivity contribution in [3.63, 3.8) is 0 Å². The molecule has 0 heterocycles. The van der Waals surface area contributed by atoms with Crippen LogP contribution in [0, 0.1) is 0 Å². The minimum Gasteiger partial charge on any atom is -0.399 e. The van der Waals surface area contributed by atoms with Crippen molar-refractivity contribution in [1.82, 2.24) is 0 Å². The molecule has 0 aliphatic carbocycles. The Morgan fingerprint density at radius 1 is 1.42 bits per heavy atom. The zero-order valence-corrected chi connectivity index (χ0v) is 6.90. The molecule has 0 aliphatic rings. The van der Waals surface area contributed by atoms with Gasteiger partial charge in [-0.25, -0.2) is 0 Å². The molecule has 0 aliphatic heterocycles. The molecule has 3 heteroatoms. The Bertz CT molecular complexity index is 250. The van der Waals surface area contributed by atoms with E-state index in [0.717, 1.165) is 5.56 Å². The molecule has 12 heavy (non-hydrogen) atoms. The van der Waals surface area contributed by atoms with Gasteiger partial charge in [-0.3, -0.25) is 0 Å². The number of anilines is 1. The van der Waals surface area contributed by atoms with E-state index >= 15 is 0 Å². The first-order chi connectivity index (χ1) is 5.74. The maximum absolute atomic E-state index is 8.66. The lowest BCUT2D eigenvalue weighted by Gasteiger charge is -2.10. The summed E-state index contributed by atoms with van der Waals surface area (Å²) in [4.78, 5) is 0. The molecular weight excluding hydrogens is 152 g/mol. The van der Waals surface area contributed by atoms with Crippen molar-refractivity contribution in [2.24, 2.45) is 5.73 Å². The van der Waals surface area contributed by atoms with Crippen LogP contribution in [0.1, 0.15) is 18.0 Å². The highest BCUT2D eigenvalue weighted by atomic mass is 16.3. The van der Waals surface area contributed by atoms with Gasteiger partial charge in [0.2, 0.25) is 0 Å². The maximum Gasteiger partial charge on any atom is 0.0449 e. The number of benzene rings is 1.